The lowest BCUT2D eigenvalue weighted by Gasteiger charge is -2.40. The molecule has 1 saturated heterocycles. The maximum Gasteiger partial charge on any atom is 0.191 e. The fraction of sp³-hybridized carbons (Fsp3) is 0.667. The van der Waals surface area contributed by atoms with Gasteiger partial charge in [-0.2, -0.15) is 0 Å². The Morgan fingerprint density at radius 2 is 2.11 bits per heavy atom. The Labute approximate surface area is 162 Å². The summed E-state index contributed by atoms with van der Waals surface area (Å²) in [5.74, 6) is 0.955. The lowest BCUT2D eigenvalue weighted by atomic mass is 9.78. The van der Waals surface area contributed by atoms with Gasteiger partial charge in [0, 0.05) is 45.3 Å². The minimum atomic E-state index is -0.242. The number of ether oxygens (including phenoxy) is 2. The van der Waals surface area contributed by atoms with Gasteiger partial charge in [-0.15, -0.1) is 0 Å². The van der Waals surface area contributed by atoms with Crippen LogP contribution >= 0.6 is 0 Å². The van der Waals surface area contributed by atoms with E-state index in [1.165, 1.54) is 6.07 Å². The molecule has 1 aromatic carbocycles. The molecule has 5 nitrogen and oxygen atoms in total. The van der Waals surface area contributed by atoms with Crippen molar-refractivity contribution in [1.82, 2.24) is 10.6 Å². The van der Waals surface area contributed by atoms with Gasteiger partial charge in [0.05, 0.1) is 12.7 Å². The van der Waals surface area contributed by atoms with Crippen molar-refractivity contribution in [3.05, 3.63) is 35.1 Å². The van der Waals surface area contributed by atoms with E-state index in [1.807, 2.05) is 6.07 Å². The van der Waals surface area contributed by atoms with Crippen molar-refractivity contribution in [3.63, 3.8) is 0 Å². The van der Waals surface area contributed by atoms with Gasteiger partial charge < -0.3 is 20.1 Å². The average molecular weight is 380 g/mol. The summed E-state index contributed by atoms with van der Waals surface area (Å²) in [5, 5.41) is 6.73. The molecule has 6 heteroatoms. The van der Waals surface area contributed by atoms with Gasteiger partial charge in [-0.05, 0) is 36.0 Å². The van der Waals surface area contributed by atoms with Gasteiger partial charge in [-0.1, -0.05) is 26.8 Å². The summed E-state index contributed by atoms with van der Waals surface area (Å²) >= 11 is 0. The molecule has 2 atom stereocenters. The molecule has 1 aliphatic heterocycles. The van der Waals surface area contributed by atoms with E-state index >= 15 is 0 Å². The SMILES string of the molecule is CN=C(NCc1ccc(F)c(COC)c1)NCC1CCCOC1C(C)(C)C. The zero-order valence-corrected chi connectivity index (χ0v) is 17.3. The van der Waals surface area contributed by atoms with E-state index in [0.29, 0.717) is 18.0 Å². The number of nitrogens with zero attached hydrogens (tertiary/aromatic N) is 1. The number of hydrogen-bond donors (Lipinski definition) is 2. The summed E-state index contributed by atoms with van der Waals surface area (Å²) in [6, 6.07) is 5.08. The van der Waals surface area contributed by atoms with Crippen molar-refractivity contribution >= 4 is 5.96 Å². The molecule has 2 N–H and O–H groups in total. The van der Waals surface area contributed by atoms with E-state index < -0.39 is 0 Å². The maximum atomic E-state index is 13.7. The number of guanidine groups is 1. The summed E-state index contributed by atoms with van der Waals surface area (Å²) in [6.07, 6.45) is 2.50. The second kappa shape index (κ2) is 10.0. The summed E-state index contributed by atoms with van der Waals surface area (Å²) in [5.41, 5.74) is 1.67. The van der Waals surface area contributed by atoms with Crippen LogP contribution in [0.2, 0.25) is 0 Å². The Morgan fingerprint density at radius 1 is 1.33 bits per heavy atom. The average Bonchev–Trinajstić information content (AvgIpc) is 2.64. The topological polar surface area (TPSA) is 54.9 Å². The smallest absolute Gasteiger partial charge is 0.191 e. The van der Waals surface area contributed by atoms with E-state index in [-0.39, 0.29) is 23.9 Å². The molecule has 0 radical (unpaired) electrons. The predicted molar refractivity (Wildman–Crippen MR) is 107 cm³/mol. The molecule has 152 valence electrons. The van der Waals surface area contributed by atoms with Gasteiger partial charge in [0.2, 0.25) is 0 Å². The summed E-state index contributed by atoms with van der Waals surface area (Å²) in [4.78, 5) is 4.31. The number of hydrogen-bond acceptors (Lipinski definition) is 3. The highest BCUT2D eigenvalue weighted by atomic mass is 19.1. The third-order valence-corrected chi connectivity index (χ3v) is 4.92. The Kier molecular flexibility index (Phi) is 8.05. The van der Waals surface area contributed by atoms with E-state index in [4.69, 9.17) is 9.47 Å². The lowest BCUT2D eigenvalue weighted by molar-refractivity contribution is -0.0835. The quantitative estimate of drug-likeness (QED) is 0.587. The van der Waals surface area contributed by atoms with E-state index in [9.17, 15) is 4.39 Å². The van der Waals surface area contributed by atoms with Gasteiger partial charge >= 0.3 is 0 Å². The molecular weight excluding hydrogens is 345 g/mol. The van der Waals surface area contributed by atoms with E-state index in [1.54, 1.807) is 20.2 Å². The third-order valence-electron chi connectivity index (χ3n) is 4.92. The number of methoxy groups -OCH3 is 1. The number of benzene rings is 1. The summed E-state index contributed by atoms with van der Waals surface area (Å²) in [7, 11) is 3.32. The molecular formula is C21H34FN3O2. The van der Waals surface area contributed by atoms with Crippen molar-refractivity contribution in [2.45, 2.75) is 52.9 Å². The molecule has 0 spiro atoms. The van der Waals surface area contributed by atoms with Crippen LogP contribution in [0.1, 0.15) is 44.7 Å². The summed E-state index contributed by atoms with van der Waals surface area (Å²) < 4.78 is 24.8. The van der Waals surface area contributed by atoms with Crippen LogP contribution in [0.15, 0.2) is 23.2 Å². The molecule has 2 unspecified atom stereocenters. The number of rotatable bonds is 6. The van der Waals surface area contributed by atoms with Gasteiger partial charge in [0.25, 0.3) is 0 Å². The lowest BCUT2D eigenvalue weighted by Crippen LogP contribution is -2.47. The molecule has 0 aromatic heterocycles. The first-order chi connectivity index (χ1) is 12.8. The van der Waals surface area contributed by atoms with Crippen LogP contribution in [-0.4, -0.2) is 39.4 Å². The Bertz CT molecular complexity index is 628. The first-order valence-electron chi connectivity index (χ1n) is 9.67. The summed E-state index contributed by atoms with van der Waals surface area (Å²) in [6.45, 7) is 9.20. The molecule has 1 aromatic rings. The van der Waals surface area contributed by atoms with Crippen molar-refractivity contribution < 1.29 is 13.9 Å². The highest BCUT2D eigenvalue weighted by Crippen LogP contribution is 2.33. The molecule has 2 rings (SSSR count). The van der Waals surface area contributed by atoms with Crippen LogP contribution in [0.5, 0.6) is 0 Å². The van der Waals surface area contributed by atoms with Crippen LogP contribution < -0.4 is 10.6 Å². The highest BCUT2D eigenvalue weighted by Gasteiger charge is 2.35. The molecule has 0 saturated carbocycles. The minimum absolute atomic E-state index is 0.121. The normalized spacial score (nSPS) is 21.2. The number of aliphatic imine (C=N–C) groups is 1. The molecule has 0 aliphatic carbocycles. The predicted octanol–water partition coefficient (Wildman–Crippen LogP) is 3.48. The molecule has 0 amide bonds. The van der Waals surface area contributed by atoms with Gasteiger partial charge in [0.1, 0.15) is 5.82 Å². The van der Waals surface area contributed by atoms with Crippen molar-refractivity contribution in [3.8, 4) is 0 Å². The van der Waals surface area contributed by atoms with Gasteiger partial charge in [0.15, 0.2) is 5.96 Å². The molecule has 27 heavy (non-hydrogen) atoms. The highest BCUT2D eigenvalue weighted by molar-refractivity contribution is 5.79. The molecule has 0 bridgehead atoms. The zero-order chi connectivity index (χ0) is 19.9. The maximum absolute atomic E-state index is 13.7. The van der Waals surface area contributed by atoms with Crippen LogP contribution in [0.3, 0.4) is 0 Å². The first kappa shape index (κ1) is 21.6. The second-order valence-electron chi connectivity index (χ2n) is 8.23. The number of halogens is 1. The molecule has 1 aliphatic rings. The monoisotopic (exact) mass is 379 g/mol. The Balaban J connectivity index is 1.90. The minimum Gasteiger partial charge on any atom is -0.380 e. The Morgan fingerprint density at radius 3 is 2.78 bits per heavy atom. The first-order valence-corrected chi connectivity index (χ1v) is 9.67. The Hall–Kier alpha value is -1.66. The van der Waals surface area contributed by atoms with E-state index in [2.05, 4.69) is 36.4 Å². The third kappa shape index (κ3) is 6.47. The molecule has 1 heterocycles. The van der Waals surface area contributed by atoms with Crippen LogP contribution in [-0.2, 0) is 22.6 Å². The van der Waals surface area contributed by atoms with E-state index in [0.717, 1.165) is 37.5 Å². The van der Waals surface area contributed by atoms with Crippen LogP contribution in [0, 0.1) is 17.2 Å². The van der Waals surface area contributed by atoms with Gasteiger partial charge in [-0.25, -0.2) is 4.39 Å². The fourth-order valence-corrected chi connectivity index (χ4v) is 3.65. The van der Waals surface area contributed by atoms with Crippen molar-refractivity contribution in [2.75, 3.05) is 27.3 Å². The largest absolute Gasteiger partial charge is 0.380 e. The zero-order valence-electron chi connectivity index (χ0n) is 17.3. The second-order valence-corrected chi connectivity index (χ2v) is 8.23. The van der Waals surface area contributed by atoms with Crippen molar-refractivity contribution in [2.24, 2.45) is 16.3 Å². The molecule has 1 fully saturated rings. The number of nitrogens with one attached hydrogen (secondary N) is 2. The standard InChI is InChI=1S/C21H34FN3O2/c1-21(2,3)19-16(7-6-10-27-19)13-25-20(23-4)24-12-15-8-9-18(22)17(11-15)14-26-5/h8-9,11,16,19H,6-7,10,12-14H2,1-5H3,(H2,23,24,25). The van der Waals surface area contributed by atoms with Crippen molar-refractivity contribution in [1.29, 1.82) is 0 Å². The fourth-order valence-electron chi connectivity index (χ4n) is 3.65. The van der Waals surface area contributed by atoms with Gasteiger partial charge in [-0.3, -0.25) is 4.99 Å². The van der Waals surface area contributed by atoms with Crippen LogP contribution in [0.4, 0.5) is 4.39 Å². The van der Waals surface area contributed by atoms with Crippen LogP contribution in [0.25, 0.3) is 0 Å².